The Morgan fingerprint density at radius 2 is 1.56 bits per heavy atom. The molecule has 9 nitrogen and oxygen atoms in total. The minimum absolute atomic E-state index is 0.00283. The highest BCUT2D eigenvalue weighted by Crippen LogP contribution is 2.13. The second-order valence-electron chi connectivity index (χ2n) is 7.98. The van der Waals surface area contributed by atoms with Crippen molar-refractivity contribution in [3.8, 4) is 0 Å². The number of carbonyl (C=O) groups is 3. The van der Waals surface area contributed by atoms with Gasteiger partial charge in [0.25, 0.3) is 21.8 Å². The van der Waals surface area contributed by atoms with Gasteiger partial charge >= 0.3 is 5.97 Å². The van der Waals surface area contributed by atoms with E-state index in [0.29, 0.717) is 23.6 Å². The molecule has 0 atom stereocenters. The molecule has 2 amide bonds. The number of pyridine rings is 1. The molecule has 0 spiro atoms. The van der Waals surface area contributed by atoms with Gasteiger partial charge in [-0.3, -0.25) is 9.59 Å². The third-order valence-corrected chi connectivity index (χ3v) is 6.44. The number of halogens is 1. The molecule has 11 heteroatoms. The van der Waals surface area contributed by atoms with Gasteiger partial charge in [-0.25, -0.2) is 22.9 Å². The van der Waals surface area contributed by atoms with Crippen LogP contribution < -0.4 is 10.0 Å². The molecule has 3 aromatic rings. The summed E-state index contributed by atoms with van der Waals surface area (Å²) in [5.41, 5.74) is 1.25. The maximum atomic E-state index is 12.6. The zero-order valence-electron chi connectivity index (χ0n) is 19.5. The van der Waals surface area contributed by atoms with Crippen molar-refractivity contribution in [3.05, 3.63) is 94.3 Å². The molecule has 1 aromatic heterocycles. The van der Waals surface area contributed by atoms with Crippen LogP contribution in [0.2, 0.25) is 5.02 Å². The number of hydrogen-bond acceptors (Lipinski definition) is 7. The van der Waals surface area contributed by atoms with E-state index in [2.05, 4.69) is 10.3 Å². The molecule has 0 unspecified atom stereocenters. The lowest BCUT2D eigenvalue weighted by atomic mass is 10.1. The molecule has 0 bridgehead atoms. The highest BCUT2D eigenvalue weighted by atomic mass is 35.5. The third-order valence-electron chi connectivity index (χ3n) is 4.84. The maximum Gasteiger partial charge on any atom is 0.357 e. The minimum atomic E-state index is -4.14. The van der Waals surface area contributed by atoms with Crippen LogP contribution in [-0.2, 0) is 21.2 Å². The highest BCUT2D eigenvalue weighted by Gasteiger charge is 2.20. The Hall–Kier alpha value is -3.76. The van der Waals surface area contributed by atoms with E-state index < -0.39 is 21.9 Å². The number of ether oxygens (including phenoxy) is 1. The van der Waals surface area contributed by atoms with E-state index in [1.54, 1.807) is 50.2 Å². The summed E-state index contributed by atoms with van der Waals surface area (Å²) < 4.78 is 32.2. The zero-order chi connectivity index (χ0) is 26.3. The Bertz CT molecular complexity index is 1340. The molecular weight excluding hydrogens is 506 g/mol. The van der Waals surface area contributed by atoms with Crippen LogP contribution in [0.3, 0.4) is 0 Å². The molecule has 188 valence electrons. The van der Waals surface area contributed by atoms with Crippen LogP contribution in [0.25, 0.3) is 0 Å². The number of aromatic nitrogens is 1. The van der Waals surface area contributed by atoms with E-state index in [0.717, 1.165) is 11.8 Å². The van der Waals surface area contributed by atoms with Gasteiger partial charge < -0.3 is 10.1 Å². The number of amides is 2. The molecule has 1 heterocycles. The normalized spacial score (nSPS) is 11.1. The summed E-state index contributed by atoms with van der Waals surface area (Å²) in [7, 11) is -4.14. The van der Waals surface area contributed by atoms with Crippen molar-refractivity contribution in [1.29, 1.82) is 0 Å². The summed E-state index contributed by atoms with van der Waals surface area (Å²) in [6.07, 6.45) is 1.25. The van der Waals surface area contributed by atoms with E-state index >= 15 is 0 Å². The Kier molecular flexibility index (Phi) is 8.78. The Labute approximate surface area is 213 Å². The molecule has 2 aromatic carbocycles. The third kappa shape index (κ3) is 7.37. The van der Waals surface area contributed by atoms with Crippen LogP contribution >= 0.6 is 11.6 Å². The smallest absolute Gasteiger partial charge is 0.357 e. The summed E-state index contributed by atoms with van der Waals surface area (Å²) in [6.45, 7) is 3.73. The van der Waals surface area contributed by atoms with E-state index in [9.17, 15) is 22.8 Å². The second-order valence-corrected chi connectivity index (χ2v) is 10.1. The van der Waals surface area contributed by atoms with Crippen molar-refractivity contribution in [3.63, 3.8) is 0 Å². The van der Waals surface area contributed by atoms with E-state index in [1.165, 1.54) is 24.3 Å². The maximum absolute atomic E-state index is 12.6. The topological polar surface area (TPSA) is 132 Å². The van der Waals surface area contributed by atoms with Gasteiger partial charge in [0.1, 0.15) is 5.69 Å². The van der Waals surface area contributed by atoms with Crippen molar-refractivity contribution in [2.75, 3.05) is 6.54 Å². The monoisotopic (exact) mass is 529 g/mol. The number of carbonyl (C=O) groups excluding carboxylic acids is 3. The van der Waals surface area contributed by atoms with Crippen LogP contribution in [0.5, 0.6) is 0 Å². The van der Waals surface area contributed by atoms with Crippen LogP contribution in [0.4, 0.5) is 0 Å². The molecule has 0 fully saturated rings. The fourth-order valence-electron chi connectivity index (χ4n) is 3.02. The van der Waals surface area contributed by atoms with Gasteiger partial charge in [-0.05, 0) is 74.4 Å². The zero-order valence-corrected chi connectivity index (χ0v) is 21.1. The lowest BCUT2D eigenvalue weighted by molar-refractivity contribution is 0.0370. The Morgan fingerprint density at radius 1 is 0.917 bits per heavy atom. The molecule has 0 saturated heterocycles. The van der Waals surface area contributed by atoms with E-state index in [1.807, 2.05) is 4.72 Å². The van der Waals surface area contributed by atoms with Crippen molar-refractivity contribution >= 4 is 39.4 Å². The fourth-order valence-corrected chi connectivity index (χ4v) is 4.12. The predicted octanol–water partition coefficient (Wildman–Crippen LogP) is 3.39. The van der Waals surface area contributed by atoms with Gasteiger partial charge in [0.15, 0.2) is 0 Å². The summed E-state index contributed by atoms with van der Waals surface area (Å²) >= 11 is 5.82. The second kappa shape index (κ2) is 11.8. The molecule has 2 N–H and O–H groups in total. The van der Waals surface area contributed by atoms with Crippen LogP contribution in [0.15, 0.2) is 71.8 Å². The average molecular weight is 530 g/mol. The lowest BCUT2D eigenvalue weighted by Gasteiger charge is -2.09. The Morgan fingerprint density at radius 3 is 2.14 bits per heavy atom. The SMILES string of the molecule is CC(C)OC(=O)c1ccc(C(=O)NS(=O)(=O)c2ccc(CCNC(=O)c3ccc(Cl)cc3)cc2)cn1. The Balaban J connectivity index is 1.55. The number of rotatable bonds is 9. The van der Waals surface area contributed by atoms with Gasteiger partial charge in [-0.1, -0.05) is 23.7 Å². The first-order valence-electron chi connectivity index (χ1n) is 10.9. The number of nitrogens with zero attached hydrogens (tertiary/aromatic N) is 1. The van der Waals surface area contributed by atoms with Gasteiger partial charge in [0.2, 0.25) is 0 Å². The number of hydrogen-bond donors (Lipinski definition) is 2. The fraction of sp³-hybridized carbons (Fsp3) is 0.200. The van der Waals surface area contributed by atoms with Crippen LogP contribution in [0, 0.1) is 0 Å². The first kappa shape index (κ1) is 26.8. The van der Waals surface area contributed by atoms with Crippen molar-refractivity contribution in [2.24, 2.45) is 0 Å². The van der Waals surface area contributed by atoms with Crippen molar-refractivity contribution < 1.29 is 27.5 Å². The molecule has 36 heavy (non-hydrogen) atoms. The molecule has 0 aliphatic rings. The molecule has 0 aliphatic carbocycles. The van der Waals surface area contributed by atoms with Gasteiger partial charge in [0, 0.05) is 23.3 Å². The number of nitrogens with one attached hydrogen (secondary N) is 2. The number of sulfonamides is 1. The van der Waals surface area contributed by atoms with E-state index in [4.69, 9.17) is 16.3 Å². The van der Waals surface area contributed by atoms with Crippen LogP contribution in [0.1, 0.15) is 50.6 Å². The predicted molar refractivity (Wildman–Crippen MR) is 133 cm³/mol. The van der Waals surface area contributed by atoms with Crippen molar-refractivity contribution in [2.45, 2.75) is 31.3 Å². The molecule has 0 saturated carbocycles. The molecule has 3 rings (SSSR count). The molecule has 0 radical (unpaired) electrons. The summed E-state index contributed by atoms with van der Waals surface area (Å²) in [5.74, 6) is -1.78. The summed E-state index contributed by atoms with van der Waals surface area (Å²) in [5, 5.41) is 3.32. The number of benzene rings is 2. The first-order valence-corrected chi connectivity index (χ1v) is 12.8. The molecular formula is C25H24ClN3O6S. The largest absolute Gasteiger partial charge is 0.458 e. The number of esters is 1. The standard InChI is InChI=1S/C25H24ClN3O6S/c1-16(2)35-25(32)22-12-7-19(15-28-22)24(31)29-36(33,34)21-10-3-17(4-11-21)13-14-27-23(30)18-5-8-20(26)9-6-18/h3-12,15-16H,13-14H2,1-2H3,(H,27,30)(H,29,31). The van der Waals surface area contributed by atoms with Gasteiger partial charge in [-0.15, -0.1) is 0 Å². The van der Waals surface area contributed by atoms with Crippen molar-refractivity contribution in [1.82, 2.24) is 15.0 Å². The average Bonchev–Trinajstić information content (AvgIpc) is 2.84. The first-order chi connectivity index (χ1) is 17.0. The van der Waals surface area contributed by atoms with Crippen LogP contribution in [-0.4, -0.2) is 43.8 Å². The van der Waals surface area contributed by atoms with Gasteiger partial charge in [-0.2, -0.15) is 0 Å². The minimum Gasteiger partial charge on any atom is -0.458 e. The van der Waals surface area contributed by atoms with E-state index in [-0.39, 0.29) is 28.2 Å². The lowest BCUT2D eigenvalue weighted by Crippen LogP contribution is -2.30. The quantitative estimate of drug-likeness (QED) is 0.406. The summed E-state index contributed by atoms with van der Waals surface area (Å²) in [6, 6.07) is 15.0. The molecule has 0 aliphatic heterocycles. The highest BCUT2D eigenvalue weighted by molar-refractivity contribution is 7.90. The summed E-state index contributed by atoms with van der Waals surface area (Å²) in [4.78, 5) is 40.2. The van der Waals surface area contributed by atoms with Gasteiger partial charge in [0.05, 0.1) is 16.6 Å².